The molecule has 1 aliphatic rings. The molecule has 1 aromatic rings. The van der Waals surface area contributed by atoms with Gasteiger partial charge in [0.05, 0.1) is 6.61 Å². The fraction of sp³-hybridized carbons (Fsp3) is 0.571. The molecule has 17 heavy (non-hydrogen) atoms. The zero-order chi connectivity index (χ0) is 12.1. The Hall–Kier alpha value is -0.900. The largest absolute Gasteiger partial charge is 0.314 e. The third-order valence-electron chi connectivity index (χ3n) is 3.14. The molecule has 0 aliphatic carbocycles. The van der Waals surface area contributed by atoms with E-state index in [1.807, 2.05) is 5.06 Å². The van der Waals surface area contributed by atoms with Crippen LogP contribution in [0.1, 0.15) is 30.9 Å². The van der Waals surface area contributed by atoms with E-state index in [1.165, 1.54) is 11.1 Å². The van der Waals surface area contributed by atoms with Crippen LogP contribution in [0.2, 0.25) is 0 Å². The molecule has 0 saturated carbocycles. The SMILES string of the molecule is CC(C)c1ccc(CON2CCNCC2)cc1. The van der Waals surface area contributed by atoms with Crippen molar-refractivity contribution >= 4 is 0 Å². The highest BCUT2D eigenvalue weighted by atomic mass is 16.7. The Morgan fingerprint density at radius 2 is 1.82 bits per heavy atom. The van der Waals surface area contributed by atoms with E-state index >= 15 is 0 Å². The topological polar surface area (TPSA) is 24.5 Å². The van der Waals surface area contributed by atoms with Crippen molar-refractivity contribution in [3.8, 4) is 0 Å². The zero-order valence-electron chi connectivity index (χ0n) is 10.8. The number of hydrogen-bond acceptors (Lipinski definition) is 3. The monoisotopic (exact) mass is 234 g/mol. The van der Waals surface area contributed by atoms with Gasteiger partial charge in [0.25, 0.3) is 0 Å². The maximum atomic E-state index is 5.76. The van der Waals surface area contributed by atoms with E-state index in [2.05, 4.69) is 43.4 Å². The lowest BCUT2D eigenvalue weighted by Gasteiger charge is -2.26. The molecule has 0 spiro atoms. The summed E-state index contributed by atoms with van der Waals surface area (Å²) in [7, 11) is 0. The molecule has 94 valence electrons. The molecule has 1 saturated heterocycles. The molecule has 1 aromatic carbocycles. The van der Waals surface area contributed by atoms with Crippen molar-refractivity contribution in [2.45, 2.75) is 26.4 Å². The Bertz CT molecular complexity index is 329. The van der Waals surface area contributed by atoms with Gasteiger partial charge in [-0.1, -0.05) is 38.1 Å². The van der Waals surface area contributed by atoms with Gasteiger partial charge in [0.1, 0.15) is 0 Å². The summed E-state index contributed by atoms with van der Waals surface area (Å²) in [6, 6.07) is 8.72. The van der Waals surface area contributed by atoms with Gasteiger partial charge in [-0.25, -0.2) is 0 Å². The number of hydrogen-bond donors (Lipinski definition) is 1. The molecule has 0 unspecified atom stereocenters. The molecule has 1 aliphatic heterocycles. The third kappa shape index (κ3) is 3.80. The van der Waals surface area contributed by atoms with Gasteiger partial charge in [0.15, 0.2) is 0 Å². The lowest BCUT2D eigenvalue weighted by Crippen LogP contribution is -2.43. The Kier molecular flexibility index (Phi) is 4.54. The summed E-state index contributed by atoms with van der Waals surface area (Å²) in [5, 5.41) is 5.36. The first-order valence-corrected chi connectivity index (χ1v) is 6.43. The normalized spacial score (nSPS) is 17.6. The fourth-order valence-corrected chi connectivity index (χ4v) is 1.94. The quantitative estimate of drug-likeness (QED) is 0.864. The fourth-order valence-electron chi connectivity index (χ4n) is 1.94. The van der Waals surface area contributed by atoms with Crippen LogP contribution >= 0.6 is 0 Å². The van der Waals surface area contributed by atoms with Crippen molar-refractivity contribution in [3.05, 3.63) is 35.4 Å². The highest BCUT2D eigenvalue weighted by molar-refractivity contribution is 5.24. The van der Waals surface area contributed by atoms with Gasteiger partial charge in [-0.2, -0.15) is 5.06 Å². The van der Waals surface area contributed by atoms with Crippen molar-refractivity contribution in [2.75, 3.05) is 26.2 Å². The van der Waals surface area contributed by atoms with Crippen molar-refractivity contribution in [2.24, 2.45) is 0 Å². The van der Waals surface area contributed by atoms with Gasteiger partial charge in [0, 0.05) is 26.2 Å². The van der Waals surface area contributed by atoms with Gasteiger partial charge in [-0.3, -0.25) is 4.84 Å². The number of rotatable bonds is 4. The van der Waals surface area contributed by atoms with E-state index in [1.54, 1.807) is 0 Å². The van der Waals surface area contributed by atoms with Crippen molar-refractivity contribution in [3.63, 3.8) is 0 Å². The molecule has 0 aromatic heterocycles. The maximum absolute atomic E-state index is 5.76. The summed E-state index contributed by atoms with van der Waals surface area (Å²) in [4.78, 5) is 5.76. The predicted octanol–water partition coefficient (Wildman–Crippen LogP) is 2.15. The van der Waals surface area contributed by atoms with Gasteiger partial charge < -0.3 is 5.32 Å². The van der Waals surface area contributed by atoms with Crippen molar-refractivity contribution in [1.29, 1.82) is 0 Å². The van der Waals surface area contributed by atoms with Crippen LogP contribution in [-0.4, -0.2) is 31.2 Å². The predicted molar refractivity (Wildman–Crippen MR) is 69.8 cm³/mol. The van der Waals surface area contributed by atoms with E-state index in [9.17, 15) is 0 Å². The lowest BCUT2D eigenvalue weighted by molar-refractivity contribution is -0.174. The van der Waals surface area contributed by atoms with E-state index in [0.717, 1.165) is 26.2 Å². The lowest BCUT2D eigenvalue weighted by atomic mass is 10.0. The molecular weight excluding hydrogens is 212 g/mol. The van der Waals surface area contributed by atoms with Crippen molar-refractivity contribution < 1.29 is 4.84 Å². The zero-order valence-corrected chi connectivity index (χ0v) is 10.8. The molecule has 0 amide bonds. The summed E-state index contributed by atoms with van der Waals surface area (Å²) in [6.07, 6.45) is 0. The second-order valence-corrected chi connectivity index (χ2v) is 4.85. The van der Waals surface area contributed by atoms with E-state index in [-0.39, 0.29) is 0 Å². The number of nitrogens with one attached hydrogen (secondary N) is 1. The number of hydroxylamine groups is 2. The summed E-state index contributed by atoms with van der Waals surface area (Å²) in [5.74, 6) is 0.595. The Morgan fingerprint density at radius 1 is 1.18 bits per heavy atom. The first kappa shape index (κ1) is 12.6. The molecule has 3 nitrogen and oxygen atoms in total. The van der Waals surface area contributed by atoms with Crippen LogP contribution in [0.5, 0.6) is 0 Å². The average Bonchev–Trinajstić information content (AvgIpc) is 2.38. The minimum absolute atomic E-state index is 0.595. The summed E-state index contributed by atoms with van der Waals surface area (Å²) >= 11 is 0. The highest BCUT2D eigenvalue weighted by Crippen LogP contribution is 2.15. The minimum atomic E-state index is 0.595. The number of piperazine rings is 1. The Labute approximate surface area is 104 Å². The highest BCUT2D eigenvalue weighted by Gasteiger charge is 2.09. The molecule has 0 bridgehead atoms. The summed E-state index contributed by atoms with van der Waals surface area (Å²) in [5.41, 5.74) is 2.63. The van der Waals surface area contributed by atoms with E-state index in [4.69, 9.17) is 4.84 Å². The minimum Gasteiger partial charge on any atom is -0.314 e. The van der Waals surface area contributed by atoms with Crippen LogP contribution in [0.15, 0.2) is 24.3 Å². The summed E-state index contributed by atoms with van der Waals surface area (Å²) in [6.45, 7) is 9.10. The van der Waals surface area contributed by atoms with Crippen LogP contribution in [-0.2, 0) is 11.4 Å². The molecule has 1 heterocycles. The second kappa shape index (κ2) is 6.15. The second-order valence-electron chi connectivity index (χ2n) is 4.85. The molecule has 0 atom stereocenters. The van der Waals surface area contributed by atoms with Crippen LogP contribution < -0.4 is 5.32 Å². The number of nitrogens with zero attached hydrogens (tertiary/aromatic N) is 1. The van der Waals surface area contributed by atoms with Gasteiger partial charge in [0.2, 0.25) is 0 Å². The van der Waals surface area contributed by atoms with E-state index in [0.29, 0.717) is 12.5 Å². The standard InChI is InChI=1S/C14H22N2O/c1-12(2)14-5-3-13(4-6-14)11-17-16-9-7-15-8-10-16/h3-6,12,15H,7-11H2,1-2H3. The van der Waals surface area contributed by atoms with E-state index < -0.39 is 0 Å². The molecular formula is C14H22N2O. The van der Waals surface area contributed by atoms with Crippen LogP contribution in [0, 0.1) is 0 Å². The molecule has 2 rings (SSSR count). The van der Waals surface area contributed by atoms with Gasteiger partial charge in [-0.15, -0.1) is 0 Å². The Morgan fingerprint density at radius 3 is 2.41 bits per heavy atom. The smallest absolute Gasteiger partial charge is 0.0935 e. The van der Waals surface area contributed by atoms with Crippen molar-refractivity contribution in [1.82, 2.24) is 10.4 Å². The van der Waals surface area contributed by atoms with Crippen LogP contribution in [0.3, 0.4) is 0 Å². The van der Waals surface area contributed by atoms with Gasteiger partial charge >= 0.3 is 0 Å². The molecule has 0 radical (unpaired) electrons. The Balaban J connectivity index is 1.82. The summed E-state index contributed by atoms with van der Waals surface area (Å²) < 4.78 is 0. The first-order valence-electron chi connectivity index (χ1n) is 6.43. The molecule has 1 N–H and O–H groups in total. The van der Waals surface area contributed by atoms with Gasteiger partial charge in [-0.05, 0) is 17.0 Å². The average molecular weight is 234 g/mol. The van der Waals surface area contributed by atoms with Crippen LogP contribution in [0.4, 0.5) is 0 Å². The third-order valence-corrected chi connectivity index (χ3v) is 3.14. The molecule has 3 heteroatoms. The van der Waals surface area contributed by atoms with Crippen LogP contribution in [0.25, 0.3) is 0 Å². The first-order chi connectivity index (χ1) is 8.25. The maximum Gasteiger partial charge on any atom is 0.0935 e. The number of benzene rings is 1. The molecule has 1 fully saturated rings.